The molecule has 0 aromatic heterocycles. The number of carbonyl (C=O) groups is 1. The fourth-order valence-electron chi connectivity index (χ4n) is 1.62. The van der Waals surface area contributed by atoms with Crippen molar-refractivity contribution in [3.05, 3.63) is 12.2 Å². The maximum absolute atomic E-state index is 11.1. The van der Waals surface area contributed by atoms with Crippen molar-refractivity contribution in [3.63, 3.8) is 0 Å². The molecule has 0 N–H and O–H groups in total. The second-order valence-corrected chi connectivity index (χ2v) is 11.9. The molecule has 0 aromatic carbocycles. The van der Waals surface area contributed by atoms with Crippen LogP contribution in [0, 0.1) is 0 Å². The van der Waals surface area contributed by atoms with Gasteiger partial charge < -0.3 is 31.3 Å². The molecule has 1 atom stereocenters. The van der Waals surface area contributed by atoms with E-state index in [2.05, 4.69) is 19.2 Å². The van der Waals surface area contributed by atoms with Crippen LogP contribution in [0.4, 0.5) is 0 Å². The van der Waals surface area contributed by atoms with Crippen LogP contribution in [0.1, 0.15) is 20.3 Å². The molecule has 11 heteroatoms. The van der Waals surface area contributed by atoms with Gasteiger partial charge in [-0.2, -0.15) is 0 Å². The number of ether oxygens (including phenoxy) is 1. The molecule has 0 saturated heterocycles. The van der Waals surface area contributed by atoms with Gasteiger partial charge in [-0.1, -0.05) is 6.58 Å². The minimum Gasteiger partial charge on any atom is -0.462 e. The van der Waals surface area contributed by atoms with E-state index in [0.29, 0.717) is 24.6 Å². The fourth-order valence-corrected chi connectivity index (χ4v) is 4.87. The number of carbonyl (C=O) groups excluding carboxylic acids is 1. The van der Waals surface area contributed by atoms with Gasteiger partial charge in [0.25, 0.3) is 0 Å². The third-order valence-electron chi connectivity index (χ3n) is 3.27. The van der Waals surface area contributed by atoms with E-state index < -0.39 is 17.6 Å². The highest BCUT2D eigenvalue weighted by Crippen LogP contribution is 2.15. The Morgan fingerprint density at radius 2 is 1.50 bits per heavy atom. The fraction of sp³-hybridized carbons (Fsp3) is 0.800. The molecule has 0 aliphatic carbocycles. The summed E-state index contributed by atoms with van der Waals surface area (Å²) in [7, 11) is 2.95. The Morgan fingerprint density at radius 1 is 1.04 bits per heavy atom. The molecule has 0 heterocycles. The molecule has 156 valence electrons. The van der Waals surface area contributed by atoms with Crippen LogP contribution in [0.3, 0.4) is 0 Å². The van der Waals surface area contributed by atoms with Gasteiger partial charge in [0.05, 0.1) is 12.0 Å². The Balaban J connectivity index is 0. The zero-order chi connectivity index (χ0) is 20.8. The number of esters is 1. The molecule has 0 aromatic rings. The Morgan fingerprint density at radius 3 is 1.77 bits per heavy atom. The molecule has 0 amide bonds. The van der Waals surface area contributed by atoms with Crippen molar-refractivity contribution < 1.29 is 36.1 Å². The molecule has 0 saturated carbocycles. The van der Waals surface area contributed by atoms with E-state index in [0.717, 1.165) is 0 Å². The summed E-state index contributed by atoms with van der Waals surface area (Å²) in [6.45, 7) is 9.06. The van der Waals surface area contributed by atoms with Gasteiger partial charge in [0.15, 0.2) is 0 Å². The molecule has 0 fully saturated rings. The van der Waals surface area contributed by atoms with Crippen LogP contribution in [-0.2, 0) is 36.1 Å². The lowest BCUT2D eigenvalue weighted by atomic mass is 10.4. The average molecular weight is 431 g/mol. The minimum absolute atomic E-state index is 0.142. The normalized spacial score (nSPS) is 12.8. The van der Waals surface area contributed by atoms with Crippen LogP contribution >= 0.6 is 12.6 Å². The van der Waals surface area contributed by atoms with Crippen molar-refractivity contribution in [2.75, 3.05) is 42.2 Å². The highest BCUT2D eigenvalue weighted by atomic mass is 32.1. The van der Waals surface area contributed by atoms with Crippen molar-refractivity contribution in [1.82, 2.24) is 0 Å². The summed E-state index contributed by atoms with van der Waals surface area (Å²) in [5.74, 6) is -0.375. The van der Waals surface area contributed by atoms with Crippen LogP contribution in [0.15, 0.2) is 12.2 Å². The van der Waals surface area contributed by atoms with E-state index in [9.17, 15) is 4.79 Å². The first-order valence-electron chi connectivity index (χ1n) is 7.99. The molecule has 0 bridgehead atoms. The molecular weight excluding hydrogens is 396 g/mol. The van der Waals surface area contributed by atoms with Crippen LogP contribution in [-0.4, -0.2) is 71.2 Å². The Hall–Kier alpha value is -0.246. The molecule has 26 heavy (non-hydrogen) atoms. The van der Waals surface area contributed by atoms with Crippen molar-refractivity contribution in [2.24, 2.45) is 0 Å². The number of thiol groups is 1. The van der Waals surface area contributed by atoms with E-state index in [1.165, 1.54) is 0 Å². The van der Waals surface area contributed by atoms with E-state index in [1.54, 1.807) is 42.5 Å². The van der Waals surface area contributed by atoms with Crippen LogP contribution in [0.25, 0.3) is 0 Å². The van der Waals surface area contributed by atoms with Crippen molar-refractivity contribution in [1.29, 1.82) is 0 Å². The van der Waals surface area contributed by atoms with Gasteiger partial charge in [0, 0.05) is 53.7 Å². The van der Waals surface area contributed by atoms with Gasteiger partial charge in [-0.3, -0.25) is 0 Å². The highest BCUT2D eigenvalue weighted by Gasteiger charge is 2.37. The minimum atomic E-state index is -2.53. The standard InChI is InChI=1S/C10H20O5Si.C5H14O3SSi/c1-9(2)10(11)15-7-6-8-16(12-3,13-4)14-5;1-5(9)8-10(4,6-2)7-3/h1,6-8H2,2-5H3;5,9H,1-4H3. The van der Waals surface area contributed by atoms with Gasteiger partial charge in [-0.15, -0.1) is 12.6 Å². The van der Waals surface area contributed by atoms with Gasteiger partial charge in [-0.05, 0) is 20.3 Å². The van der Waals surface area contributed by atoms with Crippen molar-refractivity contribution in [2.45, 2.75) is 38.3 Å². The number of hydrogen-bond acceptors (Lipinski definition) is 9. The second-order valence-electron chi connectivity index (χ2n) is 5.30. The lowest BCUT2D eigenvalue weighted by molar-refractivity contribution is -0.139. The Labute approximate surface area is 165 Å². The van der Waals surface area contributed by atoms with Gasteiger partial charge in [-0.25, -0.2) is 4.79 Å². The van der Waals surface area contributed by atoms with Gasteiger partial charge >= 0.3 is 23.6 Å². The molecule has 0 aliphatic heterocycles. The predicted octanol–water partition coefficient (Wildman–Crippen LogP) is 2.51. The summed E-state index contributed by atoms with van der Waals surface area (Å²) >= 11 is 4.05. The van der Waals surface area contributed by atoms with Crippen LogP contribution in [0.5, 0.6) is 0 Å². The zero-order valence-electron chi connectivity index (χ0n) is 17.1. The first-order valence-corrected chi connectivity index (χ1v) is 12.7. The highest BCUT2D eigenvalue weighted by molar-refractivity contribution is 7.80. The third-order valence-corrected chi connectivity index (χ3v) is 8.67. The zero-order valence-corrected chi connectivity index (χ0v) is 20.0. The molecular formula is C15H34O8SSi2. The predicted molar refractivity (Wildman–Crippen MR) is 107 cm³/mol. The van der Waals surface area contributed by atoms with Crippen LogP contribution < -0.4 is 0 Å². The van der Waals surface area contributed by atoms with E-state index >= 15 is 0 Å². The summed E-state index contributed by atoms with van der Waals surface area (Å²) in [4.78, 5) is 11.1. The molecule has 8 nitrogen and oxygen atoms in total. The van der Waals surface area contributed by atoms with Crippen LogP contribution in [0.2, 0.25) is 12.6 Å². The van der Waals surface area contributed by atoms with Crippen molar-refractivity contribution in [3.8, 4) is 0 Å². The summed E-state index contributed by atoms with van der Waals surface area (Å²) in [6.07, 6.45) is 0.640. The molecule has 0 spiro atoms. The number of rotatable bonds is 12. The summed E-state index contributed by atoms with van der Waals surface area (Å²) in [6, 6.07) is 0.611. The maximum atomic E-state index is 11.1. The Bertz CT molecular complexity index is 393. The Kier molecular flexibility index (Phi) is 15.9. The van der Waals surface area contributed by atoms with Crippen molar-refractivity contribution >= 4 is 36.2 Å². The molecule has 0 aliphatic rings. The van der Waals surface area contributed by atoms with E-state index in [1.807, 2.05) is 13.5 Å². The number of hydrogen-bond donors (Lipinski definition) is 1. The van der Waals surface area contributed by atoms with Gasteiger partial charge in [0.1, 0.15) is 0 Å². The molecule has 0 radical (unpaired) electrons. The average Bonchev–Trinajstić information content (AvgIpc) is 2.62. The summed E-state index contributed by atoms with van der Waals surface area (Å²) in [5.41, 5.74) is 0.255. The maximum Gasteiger partial charge on any atom is 0.500 e. The third kappa shape index (κ3) is 12.2. The summed E-state index contributed by atoms with van der Waals surface area (Å²) < 4.78 is 36.0. The lowest BCUT2D eigenvalue weighted by Gasteiger charge is -2.24. The SMILES string of the molecule is C=C(C)C(=O)OCCC[Si](OC)(OC)OC.CO[Si](C)(OC)OC(C)S. The smallest absolute Gasteiger partial charge is 0.462 e. The largest absolute Gasteiger partial charge is 0.500 e. The monoisotopic (exact) mass is 430 g/mol. The quantitative estimate of drug-likeness (QED) is 0.126. The first-order chi connectivity index (χ1) is 12.0. The first kappa shape index (κ1) is 28.0. The topological polar surface area (TPSA) is 81.7 Å². The van der Waals surface area contributed by atoms with E-state index in [-0.39, 0.29) is 11.4 Å². The van der Waals surface area contributed by atoms with Gasteiger partial charge in [0.2, 0.25) is 0 Å². The summed E-state index contributed by atoms with van der Waals surface area (Å²) in [5, 5.41) is 0. The second kappa shape index (κ2) is 14.8. The van der Waals surface area contributed by atoms with E-state index in [4.69, 9.17) is 31.3 Å². The molecule has 0 rings (SSSR count). The lowest BCUT2D eigenvalue weighted by Crippen LogP contribution is -2.42. The molecule has 1 unspecified atom stereocenters.